The predicted molar refractivity (Wildman–Crippen MR) is 80.9 cm³/mol. The van der Waals surface area contributed by atoms with Crippen LogP contribution in [0.5, 0.6) is 0 Å². The van der Waals surface area contributed by atoms with Gasteiger partial charge in [-0.3, -0.25) is 4.79 Å². The minimum Gasteiger partial charge on any atom is -0.356 e. The van der Waals surface area contributed by atoms with Crippen LogP contribution in [0, 0.1) is 0 Å². The summed E-state index contributed by atoms with van der Waals surface area (Å²) in [4.78, 5) is 12.0. The lowest BCUT2D eigenvalue weighted by molar-refractivity contribution is 0.102. The van der Waals surface area contributed by atoms with Crippen LogP contribution in [0.4, 0.5) is 5.00 Å². The van der Waals surface area contributed by atoms with Gasteiger partial charge in [0, 0.05) is 31.1 Å². The highest BCUT2D eigenvalue weighted by Gasteiger charge is 2.10. The van der Waals surface area contributed by atoms with Crippen LogP contribution < -0.4 is 5.32 Å². The Balaban J connectivity index is 1.76. The SMILES string of the molecule is Cn1ccc(C(=O)Nc2cc(-c3ccccc3)ns2)c1. The predicted octanol–water partition coefficient (Wildman–Crippen LogP) is 3.40. The average Bonchev–Trinajstić information content (AvgIpc) is 3.09. The zero-order chi connectivity index (χ0) is 13.9. The van der Waals surface area contributed by atoms with Gasteiger partial charge in [-0.15, -0.1) is 0 Å². The molecule has 5 heteroatoms. The standard InChI is InChI=1S/C15H13N3OS/c1-18-8-7-12(10-18)15(19)16-14-9-13(17-20-14)11-5-3-2-4-6-11/h2-10H,1H3,(H,16,19). The molecule has 20 heavy (non-hydrogen) atoms. The van der Waals surface area contributed by atoms with Gasteiger partial charge in [0.2, 0.25) is 0 Å². The van der Waals surface area contributed by atoms with Crippen LogP contribution in [0.15, 0.2) is 54.9 Å². The fourth-order valence-electron chi connectivity index (χ4n) is 1.90. The monoisotopic (exact) mass is 283 g/mol. The van der Waals surface area contributed by atoms with Gasteiger partial charge in [-0.25, -0.2) is 0 Å². The van der Waals surface area contributed by atoms with Crippen molar-refractivity contribution in [2.45, 2.75) is 0 Å². The van der Waals surface area contributed by atoms with E-state index >= 15 is 0 Å². The van der Waals surface area contributed by atoms with E-state index in [9.17, 15) is 4.79 Å². The lowest BCUT2D eigenvalue weighted by Crippen LogP contribution is -2.09. The normalized spacial score (nSPS) is 10.4. The topological polar surface area (TPSA) is 46.9 Å². The van der Waals surface area contributed by atoms with Crippen LogP contribution in [0.3, 0.4) is 0 Å². The Morgan fingerprint density at radius 3 is 2.75 bits per heavy atom. The molecule has 0 saturated carbocycles. The number of aromatic nitrogens is 2. The summed E-state index contributed by atoms with van der Waals surface area (Å²) in [7, 11) is 1.89. The van der Waals surface area contributed by atoms with Crippen molar-refractivity contribution >= 4 is 22.4 Å². The van der Waals surface area contributed by atoms with E-state index in [1.54, 1.807) is 12.3 Å². The van der Waals surface area contributed by atoms with Crippen molar-refractivity contribution < 1.29 is 4.79 Å². The lowest BCUT2D eigenvalue weighted by Gasteiger charge is -1.98. The summed E-state index contributed by atoms with van der Waals surface area (Å²) in [5.74, 6) is -0.117. The molecule has 1 amide bonds. The molecule has 0 saturated heterocycles. The third kappa shape index (κ3) is 2.62. The first-order chi connectivity index (χ1) is 9.72. The smallest absolute Gasteiger partial charge is 0.257 e. The van der Waals surface area contributed by atoms with E-state index in [0.29, 0.717) is 5.56 Å². The van der Waals surface area contributed by atoms with Crippen LogP contribution in [-0.4, -0.2) is 14.8 Å². The number of amides is 1. The van der Waals surface area contributed by atoms with Gasteiger partial charge in [0.15, 0.2) is 0 Å². The molecule has 2 heterocycles. The Bertz CT molecular complexity index is 730. The van der Waals surface area contributed by atoms with E-state index in [1.165, 1.54) is 11.5 Å². The molecule has 0 radical (unpaired) electrons. The first-order valence-corrected chi connectivity index (χ1v) is 6.95. The molecule has 0 unspecified atom stereocenters. The molecule has 100 valence electrons. The summed E-state index contributed by atoms with van der Waals surface area (Å²) in [6.45, 7) is 0. The number of benzene rings is 1. The Hall–Kier alpha value is -2.40. The van der Waals surface area contributed by atoms with E-state index in [0.717, 1.165) is 16.3 Å². The maximum Gasteiger partial charge on any atom is 0.257 e. The number of nitrogens with one attached hydrogen (secondary N) is 1. The molecular formula is C15H13N3OS. The summed E-state index contributed by atoms with van der Waals surface area (Å²) >= 11 is 1.29. The van der Waals surface area contributed by atoms with Crippen LogP contribution in [0.2, 0.25) is 0 Å². The van der Waals surface area contributed by atoms with Gasteiger partial charge in [0.25, 0.3) is 5.91 Å². The first-order valence-electron chi connectivity index (χ1n) is 6.18. The molecule has 0 fully saturated rings. The molecule has 0 aliphatic rings. The number of hydrogen-bond acceptors (Lipinski definition) is 3. The van der Waals surface area contributed by atoms with Gasteiger partial charge >= 0.3 is 0 Å². The van der Waals surface area contributed by atoms with Gasteiger partial charge in [0.1, 0.15) is 5.00 Å². The number of nitrogens with zero attached hydrogens (tertiary/aromatic N) is 2. The molecule has 0 spiro atoms. The lowest BCUT2D eigenvalue weighted by atomic mass is 10.1. The molecule has 2 aromatic heterocycles. The Morgan fingerprint density at radius 1 is 1.25 bits per heavy atom. The Morgan fingerprint density at radius 2 is 2.05 bits per heavy atom. The minimum absolute atomic E-state index is 0.117. The van der Waals surface area contributed by atoms with Gasteiger partial charge < -0.3 is 9.88 Å². The molecule has 0 atom stereocenters. The van der Waals surface area contributed by atoms with E-state index in [-0.39, 0.29) is 5.91 Å². The summed E-state index contributed by atoms with van der Waals surface area (Å²) in [6.07, 6.45) is 3.63. The van der Waals surface area contributed by atoms with Crippen molar-refractivity contribution in [3.05, 3.63) is 60.4 Å². The summed E-state index contributed by atoms with van der Waals surface area (Å²) in [6, 6.07) is 13.6. The largest absolute Gasteiger partial charge is 0.356 e. The van der Waals surface area contributed by atoms with Crippen molar-refractivity contribution in [1.29, 1.82) is 0 Å². The summed E-state index contributed by atoms with van der Waals surface area (Å²) < 4.78 is 6.20. The zero-order valence-electron chi connectivity index (χ0n) is 10.9. The van der Waals surface area contributed by atoms with Crippen molar-refractivity contribution in [2.24, 2.45) is 7.05 Å². The summed E-state index contributed by atoms with van der Waals surface area (Å²) in [5.41, 5.74) is 2.56. The third-order valence-electron chi connectivity index (χ3n) is 2.91. The molecule has 0 aliphatic carbocycles. The maximum atomic E-state index is 12.0. The highest BCUT2D eigenvalue weighted by molar-refractivity contribution is 7.10. The van der Waals surface area contributed by atoms with Crippen molar-refractivity contribution in [1.82, 2.24) is 8.94 Å². The maximum absolute atomic E-state index is 12.0. The van der Waals surface area contributed by atoms with Crippen molar-refractivity contribution in [3.8, 4) is 11.3 Å². The highest BCUT2D eigenvalue weighted by atomic mass is 32.1. The van der Waals surface area contributed by atoms with Crippen molar-refractivity contribution in [2.75, 3.05) is 5.32 Å². The fourth-order valence-corrected chi connectivity index (χ4v) is 2.56. The molecule has 0 aliphatic heterocycles. The highest BCUT2D eigenvalue weighted by Crippen LogP contribution is 2.25. The number of carbonyl (C=O) groups excluding carboxylic acids is 1. The minimum atomic E-state index is -0.117. The van der Waals surface area contributed by atoms with E-state index in [4.69, 9.17) is 0 Å². The van der Waals surface area contributed by atoms with E-state index in [2.05, 4.69) is 9.69 Å². The molecule has 3 rings (SSSR count). The second-order valence-electron chi connectivity index (χ2n) is 4.46. The fraction of sp³-hybridized carbons (Fsp3) is 0.0667. The second-order valence-corrected chi connectivity index (χ2v) is 5.27. The van der Waals surface area contributed by atoms with Gasteiger partial charge in [-0.1, -0.05) is 30.3 Å². The number of hydrogen-bond donors (Lipinski definition) is 1. The van der Waals surface area contributed by atoms with E-state index < -0.39 is 0 Å². The third-order valence-corrected chi connectivity index (χ3v) is 3.62. The van der Waals surface area contributed by atoms with Gasteiger partial charge in [-0.2, -0.15) is 4.37 Å². The quantitative estimate of drug-likeness (QED) is 0.800. The number of aryl methyl sites for hydroxylation is 1. The molecule has 1 aromatic carbocycles. The van der Waals surface area contributed by atoms with Gasteiger partial charge in [0.05, 0.1) is 11.3 Å². The Kier molecular flexibility index (Phi) is 3.35. The van der Waals surface area contributed by atoms with Crippen LogP contribution in [0.1, 0.15) is 10.4 Å². The van der Waals surface area contributed by atoms with Gasteiger partial charge in [-0.05, 0) is 17.6 Å². The molecule has 1 N–H and O–H groups in total. The van der Waals surface area contributed by atoms with Crippen LogP contribution in [0.25, 0.3) is 11.3 Å². The molecule has 0 bridgehead atoms. The molecule has 3 aromatic rings. The molecular weight excluding hydrogens is 270 g/mol. The van der Waals surface area contributed by atoms with E-state index in [1.807, 2.05) is 54.2 Å². The van der Waals surface area contributed by atoms with Crippen LogP contribution >= 0.6 is 11.5 Å². The average molecular weight is 283 g/mol. The zero-order valence-corrected chi connectivity index (χ0v) is 11.7. The first kappa shape index (κ1) is 12.6. The number of carbonyl (C=O) groups is 1. The Labute approximate surface area is 120 Å². The second kappa shape index (κ2) is 5.30. The molecule has 4 nitrogen and oxygen atoms in total. The summed E-state index contributed by atoms with van der Waals surface area (Å²) in [5, 5.41) is 3.61. The van der Waals surface area contributed by atoms with Crippen molar-refractivity contribution in [3.63, 3.8) is 0 Å². The number of rotatable bonds is 3. The number of anilines is 1. The van der Waals surface area contributed by atoms with Crippen LogP contribution in [-0.2, 0) is 7.05 Å².